The van der Waals surface area contributed by atoms with E-state index in [0.29, 0.717) is 26.1 Å². The lowest BCUT2D eigenvalue weighted by Gasteiger charge is -2.37. The van der Waals surface area contributed by atoms with Crippen molar-refractivity contribution in [2.45, 2.75) is 45.8 Å². The Balaban J connectivity index is 1.35. The summed E-state index contributed by atoms with van der Waals surface area (Å²) in [6.45, 7) is 5.38. The van der Waals surface area contributed by atoms with Gasteiger partial charge in [0.15, 0.2) is 0 Å². The van der Waals surface area contributed by atoms with Gasteiger partial charge >= 0.3 is 0 Å². The van der Waals surface area contributed by atoms with E-state index in [0.717, 1.165) is 49.8 Å². The number of fused-ring (bicyclic) bond motifs is 1. The summed E-state index contributed by atoms with van der Waals surface area (Å²) < 4.78 is 0. The zero-order chi connectivity index (χ0) is 31.2. The van der Waals surface area contributed by atoms with Crippen LogP contribution in [0.4, 0.5) is 0 Å². The fourth-order valence-corrected chi connectivity index (χ4v) is 6.72. The largest absolute Gasteiger partial charge is 0.336 e. The number of carbonyl (C=O) groups is 2. The normalized spacial score (nSPS) is 13.4. The van der Waals surface area contributed by atoms with Crippen molar-refractivity contribution in [1.29, 1.82) is 0 Å². The van der Waals surface area contributed by atoms with Crippen LogP contribution in [0.5, 0.6) is 0 Å². The van der Waals surface area contributed by atoms with Crippen LogP contribution in [0.3, 0.4) is 0 Å². The van der Waals surface area contributed by atoms with Gasteiger partial charge in [-0.2, -0.15) is 0 Å². The summed E-state index contributed by atoms with van der Waals surface area (Å²) in [6.07, 6.45) is 8.22. The second-order valence-electron chi connectivity index (χ2n) is 11.4. The zero-order valence-electron chi connectivity index (χ0n) is 25.6. The summed E-state index contributed by atoms with van der Waals surface area (Å²) in [5.74, 6) is -0.237. The van der Waals surface area contributed by atoms with Gasteiger partial charge in [-0.15, -0.1) is 11.3 Å². The fraction of sp³-hybridized carbons (Fsp3) is 0.211. The first-order valence-corrected chi connectivity index (χ1v) is 16.1. The Kier molecular flexibility index (Phi) is 9.27. The minimum Gasteiger partial charge on any atom is -0.336 e. The molecule has 0 radical (unpaired) electrons. The third-order valence-electron chi connectivity index (χ3n) is 8.30. The minimum atomic E-state index is -0.681. The number of benzene rings is 3. The first-order valence-electron chi connectivity index (χ1n) is 15.3. The van der Waals surface area contributed by atoms with Crippen LogP contribution in [0.2, 0.25) is 0 Å². The molecule has 0 spiro atoms. The number of thiazole rings is 1. The molecule has 3 heterocycles. The molecule has 45 heavy (non-hydrogen) atoms. The van der Waals surface area contributed by atoms with Gasteiger partial charge in [0.2, 0.25) is 11.8 Å². The van der Waals surface area contributed by atoms with Gasteiger partial charge in [0, 0.05) is 44.5 Å². The number of hydrogen-bond donors (Lipinski definition) is 0. The van der Waals surface area contributed by atoms with E-state index < -0.39 is 6.04 Å². The van der Waals surface area contributed by atoms with Crippen LogP contribution in [-0.4, -0.2) is 44.2 Å². The molecule has 1 aliphatic heterocycles. The van der Waals surface area contributed by atoms with E-state index in [1.54, 1.807) is 34.7 Å². The van der Waals surface area contributed by atoms with Gasteiger partial charge in [-0.1, -0.05) is 78.9 Å². The smallest absolute Gasteiger partial charge is 0.247 e. The molecule has 1 unspecified atom stereocenters. The van der Waals surface area contributed by atoms with Crippen molar-refractivity contribution in [3.63, 3.8) is 0 Å². The molecule has 0 fully saturated rings. The lowest BCUT2D eigenvalue weighted by molar-refractivity contribution is -0.144. The van der Waals surface area contributed by atoms with Crippen molar-refractivity contribution in [3.8, 4) is 11.1 Å². The lowest BCUT2D eigenvalue weighted by Crippen LogP contribution is -2.52. The topological polar surface area (TPSA) is 66.4 Å². The molecule has 3 aromatic carbocycles. The van der Waals surface area contributed by atoms with Crippen LogP contribution in [0.1, 0.15) is 37.8 Å². The first-order chi connectivity index (χ1) is 21.9. The summed E-state index contributed by atoms with van der Waals surface area (Å²) >= 11 is 1.56. The second-order valence-corrected chi connectivity index (χ2v) is 12.6. The Morgan fingerprint density at radius 1 is 0.867 bits per heavy atom. The third kappa shape index (κ3) is 7.27. The number of nitrogens with zero attached hydrogens (tertiary/aromatic N) is 4. The maximum absolute atomic E-state index is 14.5. The van der Waals surface area contributed by atoms with Crippen LogP contribution in [0.25, 0.3) is 17.2 Å². The Morgan fingerprint density at radius 3 is 2.27 bits per heavy atom. The molecule has 0 aliphatic carbocycles. The number of carbonyl (C=O) groups excluding carboxylic acids is 2. The van der Waals surface area contributed by atoms with Crippen molar-refractivity contribution >= 4 is 29.2 Å². The molecule has 6 rings (SSSR count). The number of amides is 2. The highest BCUT2D eigenvalue weighted by molar-refractivity contribution is 7.12. The maximum Gasteiger partial charge on any atom is 0.247 e. The Labute approximate surface area is 268 Å². The number of pyridine rings is 1. The van der Waals surface area contributed by atoms with E-state index in [2.05, 4.69) is 34.2 Å². The molecule has 0 bridgehead atoms. The Hall–Kier alpha value is -4.88. The molecule has 2 amide bonds. The van der Waals surface area contributed by atoms with Crippen LogP contribution in [0, 0.1) is 13.8 Å². The predicted octanol–water partition coefficient (Wildman–Crippen LogP) is 7.06. The van der Waals surface area contributed by atoms with Gasteiger partial charge in [0.05, 0.1) is 15.6 Å². The monoisotopic (exact) mass is 612 g/mol. The quantitative estimate of drug-likeness (QED) is 0.167. The van der Waals surface area contributed by atoms with E-state index in [1.807, 2.05) is 91.6 Å². The summed E-state index contributed by atoms with van der Waals surface area (Å²) in [7, 11) is 0. The SMILES string of the molecule is Cc1nc(C)c(C=CC(=O)N(Cc2ccc(-c3ccncc3)cc2)C(Cc2ccccc2)C(=O)N2CCc3ccccc3C2)s1. The minimum absolute atomic E-state index is 0.0340. The summed E-state index contributed by atoms with van der Waals surface area (Å²) in [6, 6.07) is 29.7. The van der Waals surface area contributed by atoms with Crippen LogP contribution >= 0.6 is 11.3 Å². The predicted molar refractivity (Wildman–Crippen MR) is 180 cm³/mol. The van der Waals surface area contributed by atoms with E-state index in [1.165, 1.54) is 5.56 Å². The van der Waals surface area contributed by atoms with E-state index in [9.17, 15) is 9.59 Å². The highest BCUT2D eigenvalue weighted by Gasteiger charge is 2.34. The molecule has 6 nitrogen and oxygen atoms in total. The van der Waals surface area contributed by atoms with Gasteiger partial charge in [0.25, 0.3) is 0 Å². The molecular weight excluding hydrogens is 577 g/mol. The van der Waals surface area contributed by atoms with Crippen LogP contribution in [0.15, 0.2) is 109 Å². The van der Waals surface area contributed by atoms with Gasteiger partial charge in [-0.25, -0.2) is 4.98 Å². The van der Waals surface area contributed by atoms with E-state index in [-0.39, 0.29) is 11.8 Å². The van der Waals surface area contributed by atoms with E-state index in [4.69, 9.17) is 0 Å². The highest BCUT2D eigenvalue weighted by Crippen LogP contribution is 2.25. The summed E-state index contributed by atoms with van der Waals surface area (Å²) in [5.41, 5.74) is 7.44. The highest BCUT2D eigenvalue weighted by atomic mass is 32.1. The number of aryl methyl sites for hydroxylation is 2. The van der Waals surface area contributed by atoms with Crippen LogP contribution in [-0.2, 0) is 35.5 Å². The molecule has 7 heteroatoms. The van der Waals surface area contributed by atoms with Gasteiger partial charge < -0.3 is 9.80 Å². The molecule has 226 valence electrons. The number of aromatic nitrogens is 2. The van der Waals surface area contributed by atoms with Gasteiger partial charge in [0.1, 0.15) is 6.04 Å². The average molecular weight is 613 g/mol. The van der Waals surface area contributed by atoms with Crippen molar-refractivity contribution < 1.29 is 9.59 Å². The second kappa shape index (κ2) is 13.8. The molecular formula is C38H36N4O2S. The van der Waals surface area contributed by atoms with Crippen molar-refractivity contribution in [2.24, 2.45) is 0 Å². The molecule has 1 atom stereocenters. The van der Waals surface area contributed by atoms with Crippen molar-refractivity contribution in [1.82, 2.24) is 19.8 Å². The van der Waals surface area contributed by atoms with Crippen molar-refractivity contribution in [3.05, 3.63) is 147 Å². The maximum atomic E-state index is 14.5. The van der Waals surface area contributed by atoms with Gasteiger partial charge in [-0.3, -0.25) is 14.6 Å². The Morgan fingerprint density at radius 2 is 1.56 bits per heavy atom. The fourth-order valence-electron chi connectivity index (χ4n) is 5.89. The Bertz CT molecular complexity index is 1800. The average Bonchev–Trinajstić information content (AvgIpc) is 3.41. The van der Waals surface area contributed by atoms with E-state index >= 15 is 0 Å². The zero-order valence-corrected chi connectivity index (χ0v) is 26.4. The molecule has 2 aromatic heterocycles. The standard InChI is InChI=1S/C38H36N4O2S/c1-27-36(45-28(2)40-27)16-17-37(43)42(25-30-12-14-32(15-13-30)33-18-21-39-22-19-33)35(24-29-8-4-3-5-9-29)38(44)41-23-20-31-10-6-7-11-34(31)26-41/h3-19,21-22,35H,20,23-26H2,1-2H3. The van der Waals surface area contributed by atoms with Crippen molar-refractivity contribution in [2.75, 3.05) is 6.54 Å². The molecule has 0 saturated heterocycles. The van der Waals surface area contributed by atoms with Gasteiger partial charge in [-0.05, 0) is 71.9 Å². The third-order valence-corrected chi connectivity index (χ3v) is 9.33. The first kappa shape index (κ1) is 30.2. The molecule has 5 aromatic rings. The molecule has 0 saturated carbocycles. The van der Waals surface area contributed by atoms with Crippen LogP contribution < -0.4 is 0 Å². The number of rotatable bonds is 9. The summed E-state index contributed by atoms with van der Waals surface area (Å²) in [5, 5.41) is 0.952. The number of hydrogen-bond acceptors (Lipinski definition) is 5. The molecule has 1 aliphatic rings. The summed E-state index contributed by atoms with van der Waals surface area (Å²) in [4.78, 5) is 42.0. The lowest BCUT2D eigenvalue weighted by atomic mass is 9.97. The molecule has 0 N–H and O–H groups in total.